The zero-order chi connectivity index (χ0) is 20.2. The predicted octanol–water partition coefficient (Wildman–Crippen LogP) is 2.39. The van der Waals surface area contributed by atoms with Crippen LogP contribution >= 0.6 is 0 Å². The van der Waals surface area contributed by atoms with Gasteiger partial charge in [-0.1, -0.05) is 37.3 Å². The lowest BCUT2D eigenvalue weighted by Crippen LogP contribution is -2.47. The van der Waals surface area contributed by atoms with Crippen LogP contribution in [0.5, 0.6) is 0 Å². The van der Waals surface area contributed by atoms with Gasteiger partial charge in [0.05, 0.1) is 11.6 Å². The lowest BCUT2D eigenvalue weighted by Gasteiger charge is -2.33. The summed E-state index contributed by atoms with van der Waals surface area (Å²) in [4.78, 5) is 30.2. The standard InChI is InChI=1S/C23H29N3O3/c1-2-24-12-14-25(15-13-24)16-17-29-23(28)19-10-11-26-20(19)8-9-21(26)22(27)18-6-4-3-5-7-18/h3-9,19H,2,10-17H2,1H3. The fourth-order valence-corrected chi connectivity index (χ4v) is 4.32. The quantitative estimate of drug-likeness (QED) is 0.532. The van der Waals surface area contributed by atoms with Crippen LogP contribution in [0.1, 0.15) is 41.0 Å². The largest absolute Gasteiger partial charge is 0.464 e. The Labute approximate surface area is 172 Å². The molecule has 6 nitrogen and oxygen atoms in total. The third-order valence-corrected chi connectivity index (χ3v) is 6.13. The van der Waals surface area contributed by atoms with Gasteiger partial charge in [-0.2, -0.15) is 0 Å². The van der Waals surface area contributed by atoms with Crippen LogP contribution in [0.4, 0.5) is 0 Å². The zero-order valence-corrected chi connectivity index (χ0v) is 17.0. The number of hydrogen-bond donors (Lipinski definition) is 0. The SMILES string of the molecule is CCN1CCN(CCOC(=O)C2CCn3c(C(=O)c4ccccc4)ccc32)CC1. The van der Waals surface area contributed by atoms with Crippen molar-refractivity contribution in [2.45, 2.75) is 25.8 Å². The van der Waals surface area contributed by atoms with Crippen molar-refractivity contribution in [1.82, 2.24) is 14.4 Å². The molecule has 0 radical (unpaired) electrons. The fraction of sp³-hybridized carbons (Fsp3) is 0.478. The van der Waals surface area contributed by atoms with Crippen molar-refractivity contribution >= 4 is 11.8 Å². The highest BCUT2D eigenvalue weighted by atomic mass is 16.5. The number of likely N-dealkylation sites (N-methyl/N-ethyl adjacent to an activating group) is 1. The summed E-state index contributed by atoms with van der Waals surface area (Å²) in [5, 5.41) is 0. The molecule has 29 heavy (non-hydrogen) atoms. The van der Waals surface area contributed by atoms with Crippen molar-refractivity contribution in [3.63, 3.8) is 0 Å². The Bertz CT molecular complexity index is 854. The summed E-state index contributed by atoms with van der Waals surface area (Å²) in [7, 11) is 0. The number of piperazine rings is 1. The average Bonchev–Trinajstić information content (AvgIpc) is 3.36. The van der Waals surface area contributed by atoms with Crippen molar-refractivity contribution in [3.05, 3.63) is 59.4 Å². The van der Waals surface area contributed by atoms with E-state index in [0.717, 1.165) is 45.0 Å². The van der Waals surface area contributed by atoms with E-state index in [-0.39, 0.29) is 17.7 Å². The summed E-state index contributed by atoms with van der Waals surface area (Å²) in [6, 6.07) is 13.0. The molecule has 6 heteroatoms. The third-order valence-electron chi connectivity index (χ3n) is 6.13. The number of esters is 1. The number of aromatic nitrogens is 1. The number of carbonyl (C=O) groups excluding carboxylic acids is 2. The molecule has 1 fully saturated rings. The number of nitrogens with zero attached hydrogens (tertiary/aromatic N) is 3. The minimum Gasteiger partial charge on any atom is -0.464 e. The van der Waals surface area contributed by atoms with E-state index in [1.54, 1.807) is 0 Å². The average molecular weight is 396 g/mol. The van der Waals surface area contributed by atoms with Crippen LogP contribution in [-0.2, 0) is 16.1 Å². The second-order valence-corrected chi connectivity index (χ2v) is 7.77. The minimum absolute atomic E-state index is 0.00270. The highest BCUT2D eigenvalue weighted by Gasteiger charge is 2.33. The first-order valence-electron chi connectivity index (χ1n) is 10.6. The Hall–Kier alpha value is -2.44. The van der Waals surface area contributed by atoms with E-state index in [4.69, 9.17) is 4.74 Å². The van der Waals surface area contributed by atoms with Gasteiger partial charge in [0.25, 0.3) is 0 Å². The van der Waals surface area contributed by atoms with Gasteiger partial charge < -0.3 is 14.2 Å². The normalized spacial score (nSPS) is 19.8. The van der Waals surface area contributed by atoms with Gasteiger partial charge in [-0.25, -0.2) is 0 Å². The van der Waals surface area contributed by atoms with Crippen LogP contribution < -0.4 is 0 Å². The van der Waals surface area contributed by atoms with Crippen molar-refractivity contribution in [2.24, 2.45) is 0 Å². The monoisotopic (exact) mass is 395 g/mol. The van der Waals surface area contributed by atoms with Crippen LogP contribution in [0.15, 0.2) is 42.5 Å². The molecule has 0 amide bonds. The molecule has 154 valence electrons. The Morgan fingerprint density at radius 2 is 1.69 bits per heavy atom. The Balaban J connectivity index is 1.32. The number of carbonyl (C=O) groups is 2. The van der Waals surface area contributed by atoms with E-state index in [9.17, 15) is 9.59 Å². The topological polar surface area (TPSA) is 54.8 Å². The molecule has 3 heterocycles. The molecule has 0 saturated carbocycles. The van der Waals surface area contributed by atoms with Crippen LogP contribution in [0.25, 0.3) is 0 Å². The Morgan fingerprint density at radius 1 is 0.966 bits per heavy atom. The minimum atomic E-state index is -0.274. The molecular weight excluding hydrogens is 366 g/mol. The van der Waals surface area contributed by atoms with E-state index in [1.807, 2.05) is 47.0 Å². The van der Waals surface area contributed by atoms with Gasteiger partial charge in [0.2, 0.25) is 5.78 Å². The van der Waals surface area contributed by atoms with Crippen LogP contribution in [0, 0.1) is 0 Å². The van der Waals surface area contributed by atoms with Gasteiger partial charge in [-0.15, -0.1) is 0 Å². The zero-order valence-electron chi connectivity index (χ0n) is 17.0. The molecule has 0 spiro atoms. The highest BCUT2D eigenvalue weighted by Crippen LogP contribution is 2.32. The van der Waals surface area contributed by atoms with Crippen LogP contribution in [0.3, 0.4) is 0 Å². The molecule has 2 aliphatic rings. The van der Waals surface area contributed by atoms with E-state index in [2.05, 4.69) is 16.7 Å². The van der Waals surface area contributed by atoms with Gasteiger partial charge in [0.15, 0.2) is 0 Å². The smallest absolute Gasteiger partial charge is 0.315 e. The summed E-state index contributed by atoms with van der Waals surface area (Å²) >= 11 is 0. The number of hydrogen-bond acceptors (Lipinski definition) is 5. The van der Waals surface area contributed by atoms with Crippen molar-refractivity contribution in [3.8, 4) is 0 Å². The molecule has 0 aliphatic carbocycles. The molecule has 0 bridgehead atoms. The van der Waals surface area contributed by atoms with Gasteiger partial charge in [0.1, 0.15) is 6.61 Å². The molecule has 2 aromatic rings. The maximum absolute atomic E-state index is 12.8. The lowest BCUT2D eigenvalue weighted by molar-refractivity contribution is -0.146. The maximum Gasteiger partial charge on any atom is 0.315 e. The Kier molecular flexibility index (Phi) is 6.11. The summed E-state index contributed by atoms with van der Waals surface area (Å²) in [6.07, 6.45) is 0.694. The predicted molar refractivity (Wildman–Crippen MR) is 111 cm³/mol. The van der Waals surface area contributed by atoms with Crippen molar-refractivity contribution < 1.29 is 14.3 Å². The van der Waals surface area contributed by atoms with E-state index in [1.165, 1.54) is 0 Å². The maximum atomic E-state index is 12.8. The van der Waals surface area contributed by atoms with Crippen molar-refractivity contribution in [1.29, 1.82) is 0 Å². The van der Waals surface area contributed by atoms with Gasteiger partial charge in [-0.3, -0.25) is 14.5 Å². The van der Waals surface area contributed by atoms with E-state index in [0.29, 0.717) is 30.8 Å². The van der Waals surface area contributed by atoms with Crippen molar-refractivity contribution in [2.75, 3.05) is 45.9 Å². The Morgan fingerprint density at radius 3 is 2.41 bits per heavy atom. The summed E-state index contributed by atoms with van der Waals surface area (Å²) in [6.45, 7) is 9.40. The first-order valence-corrected chi connectivity index (χ1v) is 10.6. The summed E-state index contributed by atoms with van der Waals surface area (Å²) in [5.74, 6) is -0.450. The molecule has 1 aromatic heterocycles. The molecule has 4 rings (SSSR count). The number of ketones is 1. The second-order valence-electron chi connectivity index (χ2n) is 7.77. The highest BCUT2D eigenvalue weighted by molar-refractivity contribution is 6.08. The number of fused-ring (bicyclic) bond motifs is 1. The van der Waals surface area contributed by atoms with Gasteiger partial charge >= 0.3 is 5.97 Å². The first-order chi connectivity index (χ1) is 14.2. The number of ether oxygens (including phenoxy) is 1. The first kappa shape index (κ1) is 19.9. The number of rotatable bonds is 7. The molecule has 1 saturated heterocycles. The number of benzene rings is 1. The molecule has 1 aromatic carbocycles. The second kappa shape index (κ2) is 8.93. The third kappa shape index (κ3) is 4.28. The van der Waals surface area contributed by atoms with Gasteiger partial charge in [-0.05, 0) is 25.1 Å². The fourth-order valence-electron chi connectivity index (χ4n) is 4.32. The lowest BCUT2D eigenvalue weighted by atomic mass is 10.1. The molecule has 1 unspecified atom stereocenters. The summed E-state index contributed by atoms with van der Waals surface area (Å²) in [5.41, 5.74) is 2.21. The van der Waals surface area contributed by atoms with Gasteiger partial charge in [0, 0.05) is 50.5 Å². The van der Waals surface area contributed by atoms with Crippen LogP contribution in [0.2, 0.25) is 0 Å². The molecular formula is C23H29N3O3. The van der Waals surface area contributed by atoms with E-state index < -0.39 is 0 Å². The molecule has 1 atom stereocenters. The molecule has 0 N–H and O–H groups in total. The van der Waals surface area contributed by atoms with Crippen LogP contribution in [-0.4, -0.2) is 72.0 Å². The summed E-state index contributed by atoms with van der Waals surface area (Å²) < 4.78 is 7.58. The molecule has 2 aliphatic heterocycles. The van der Waals surface area contributed by atoms with E-state index >= 15 is 0 Å².